The van der Waals surface area contributed by atoms with Crippen molar-refractivity contribution < 1.29 is 9.36 Å². The van der Waals surface area contributed by atoms with Crippen molar-refractivity contribution in [3.63, 3.8) is 0 Å². The van der Waals surface area contributed by atoms with Gasteiger partial charge in [0.05, 0.1) is 14.1 Å². The van der Waals surface area contributed by atoms with Gasteiger partial charge in [-0.15, -0.1) is 0 Å². The van der Waals surface area contributed by atoms with Crippen molar-refractivity contribution in [1.82, 2.24) is 4.57 Å². The summed E-state index contributed by atoms with van der Waals surface area (Å²) in [7, 11) is 3.96. The summed E-state index contributed by atoms with van der Waals surface area (Å²) in [6.07, 6.45) is 6.41. The van der Waals surface area contributed by atoms with E-state index in [0.717, 1.165) is 12.7 Å². The van der Waals surface area contributed by atoms with Gasteiger partial charge in [0.25, 0.3) is 0 Å². The second kappa shape index (κ2) is 3.32. The van der Waals surface area contributed by atoms with E-state index in [1.807, 2.05) is 35.8 Å². The quantitative estimate of drug-likeness (QED) is 0.442. The molecule has 60 valence electrons. The summed E-state index contributed by atoms with van der Waals surface area (Å²) >= 11 is 0. The van der Waals surface area contributed by atoms with Crippen molar-refractivity contribution in [3.05, 3.63) is 18.2 Å². The highest BCUT2D eigenvalue weighted by molar-refractivity contribution is 5.49. The van der Waals surface area contributed by atoms with Crippen molar-refractivity contribution in [2.24, 2.45) is 14.1 Å². The third kappa shape index (κ3) is 1.90. The van der Waals surface area contributed by atoms with Crippen molar-refractivity contribution in [3.8, 4) is 0 Å². The van der Waals surface area contributed by atoms with Crippen molar-refractivity contribution in [1.29, 1.82) is 0 Å². The average molecular weight is 153 g/mol. The summed E-state index contributed by atoms with van der Waals surface area (Å²) in [5.41, 5.74) is 1.19. The van der Waals surface area contributed by atoms with Crippen LogP contribution in [0, 0.1) is 0 Å². The summed E-state index contributed by atoms with van der Waals surface area (Å²) in [5.74, 6) is 0. The molecule has 0 spiro atoms. The Morgan fingerprint density at radius 2 is 2.45 bits per heavy atom. The fourth-order valence-corrected chi connectivity index (χ4v) is 1.15. The molecule has 0 amide bonds. The molecule has 0 aliphatic rings. The zero-order valence-corrected chi connectivity index (χ0v) is 6.95. The standard InChI is InChI=1S/C8H13N2O/c1-9-6-8(4-3-5-11)10(2)7-9/h5-7H,3-4H2,1-2H3/q+1. The molecular weight excluding hydrogens is 140 g/mol. The molecule has 0 N–H and O–H groups in total. The van der Waals surface area contributed by atoms with E-state index in [0.29, 0.717) is 6.42 Å². The average Bonchev–Trinajstić information content (AvgIpc) is 2.26. The van der Waals surface area contributed by atoms with Crippen molar-refractivity contribution >= 4 is 6.29 Å². The van der Waals surface area contributed by atoms with E-state index in [4.69, 9.17) is 0 Å². The highest BCUT2D eigenvalue weighted by Crippen LogP contribution is 1.94. The Hall–Kier alpha value is -1.12. The fourth-order valence-electron chi connectivity index (χ4n) is 1.15. The normalized spacial score (nSPS) is 10.0. The molecule has 1 aromatic rings. The molecule has 0 aromatic carbocycles. The summed E-state index contributed by atoms with van der Waals surface area (Å²) in [6.45, 7) is 0. The van der Waals surface area contributed by atoms with E-state index in [2.05, 4.69) is 0 Å². The van der Waals surface area contributed by atoms with Crippen LogP contribution in [-0.4, -0.2) is 10.9 Å². The zero-order chi connectivity index (χ0) is 8.27. The van der Waals surface area contributed by atoms with Crippen LogP contribution in [0.15, 0.2) is 12.5 Å². The first-order valence-electron chi connectivity index (χ1n) is 3.68. The topological polar surface area (TPSA) is 25.9 Å². The first-order valence-corrected chi connectivity index (χ1v) is 3.68. The highest BCUT2D eigenvalue weighted by Gasteiger charge is 2.05. The van der Waals surface area contributed by atoms with Crippen LogP contribution in [0.5, 0.6) is 0 Å². The Bertz CT molecular complexity index is 253. The largest absolute Gasteiger partial charge is 0.303 e. The molecule has 1 rings (SSSR count). The maximum absolute atomic E-state index is 10.1. The summed E-state index contributed by atoms with van der Waals surface area (Å²) in [4.78, 5) is 10.1. The van der Waals surface area contributed by atoms with Crippen molar-refractivity contribution in [2.75, 3.05) is 0 Å². The molecule has 0 fully saturated rings. The fraction of sp³-hybridized carbons (Fsp3) is 0.500. The lowest BCUT2D eigenvalue weighted by Gasteiger charge is -1.88. The second-order valence-electron chi connectivity index (χ2n) is 2.72. The maximum atomic E-state index is 10.1. The van der Waals surface area contributed by atoms with Gasteiger partial charge in [-0.1, -0.05) is 0 Å². The van der Waals surface area contributed by atoms with E-state index in [1.54, 1.807) is 0 Å². The van der Waals surface area contributed by atoms with Gasteiger partial charge >= 0.3 is 0 Å². The highest BCUT2D eigenvalue weighted by atomic mass is 16.1. The molecule has 1 aromatic heterocycles. The van der Waals surface area contributed by atoms with Crippen LogP contribution >= 0.6 is 0 Å². The molecule has 3 nitrogen and oxygen atoms in total. The van der Waals surface area contributed by atoms with Gasteiger partial charge in [0.15, 0.2) is 0 Å². The molecule has 11 heavy (non-hydrogen) atoms. The van der Waals surface area contributed by atoms with Crippen LogP contribution < -0.4 is 4.57 Å². The number of carbonyl (C=O) groups is 1. The van der Waals surface area contributed by atoms with E-state index >= 15 is 0 Å². The van der Waals surface area contributed by atoms with Gasteiger partial charge in [-0.25, -0.2) is 9.13 Å². The maximum Gasteiger partial charge on any atom is 0.243 e. The zero-order valence-electron chi connectivity index (χ0n) is 6.95. The van der Waals surface area contributed by atoms with Crippen LogP contribution in [0.3, 0.4) is 0 Å². The Labute approximate surface area is 66.3 Å². The molecule has 0 aliphatic heterocycles. The van der Waals surface area contributed by atoms with Gasteiger partial charge < -0.3 is 4.79 Å². The number of rotatable bonds is 3. The SMILES string of the molecule is Cn1cc(CCC=O)[n+](C)c1. The minimum absolute atomic E-state index is 0.609. The number of hydrogen-bond acceptors (Lipinski definition) is 1. The molecule has 3 heteroatoms. The van der Waals surface area contributed by atoms with Crippen LogP contribution in [0.25, 0.3) is 0 Å². The number of imidazole rings is 1. The molecule has 0 saturated carbocycles. The van der Waals surface area contributed by atoms with Gasteiger partial charge in [0.1, 0.15) is 18.2 Å². The smallest absolute Gasteiger partial charge is 0.243 e. The van der Waals surface area contributed by atoms with Crippen molar-refractivity contribution in [2.45, 2.75) is 12.8 Å². The lowest BCUT2D eigenvalue weighted by molar-refractivity contribution is -0.678. The van der Waals surface area contributed by atoms with E-state index < -0.39 is 0 Å². The Morgan fingerprint density at radius 3 is 2.91 bits per heavy atom. The Kier molecular flexibility index (Phi) is 2.41. The molecule has 0 saturated heterocycles. The third-order valence-electron chi connectivity index (χ3n) is 1.68. The predicted octanol–water partition coefficient (Wildman–Crippen LogP) is -0.0189. The molecule has 1 heterocycles. The molecule has 0 unspecified atom stereocenters. The number of hydrogen-bond donors (Lipinski definition) is 0. The Balaban J connectivity index is 2.69. The molecular formula is C8H13N2O+. The molecule has 0 aliphatic carbocycles. The second-order valence-corrected chi connectivity index (χ2v) is 2.72. The lowest BCUT2D eigenvalue weighted by Crippen LogP contribution is -2.30. The Morgan fingerprint density at radius 1 is 1.73 bits per heavy atom. The summed E-state index contributed by atoms with van der Waals surface area (Å²) in [5, 5.41) is 0. The summed E-state index contributed by atoms with van der Waals surface area (Å²) < 4.78 is 4.02. The molecule has 0 bridgehead atoms. The summed E-state index contributed by atoms with van der Waals surface area (Å²) in [6, 6.07) is 0. The molecule has 0 atom stereocenters. The van der Waals surface area contributed by atoms with Gasteiger partial charge in [-0.2, -0.15) is 0 Å². The van der Waals surface area contributed by atoms with E-state index in [9.17, 15) is 4.79 Å². The minimum atomic E-state index is 0.609. The number of carbonyl (C=O) groups excluding carboxylic acids is 1. The first kappa shape index (κ1) is 7.98. The number of aryl methyl sites for hydroxylation is 3. The number of nitrogens with zero attached hydrogens (tertiary/aromatic N) is 2. The van der Waals surface area contributed by atoms with Gasteiger partial charge in [0, 0.05) is 12.8 Å². The van der Waals surface area contributed by atoms with Crippen LogP contribution in [0.2, 0.25) is 0 Å². The monoisotopic (exact) mass is 153 g/mol. The van der Waals surface area contributed by atoms with E-state index in [1.165, 1.54) is 5.69 Å². The van der Waals surface area contributed by atoms with Gasteiger partial charge in [0.2, 0.25) is 6.33 Å². The first-order chi connectivity index (χ1) is 5.24. The lowest BCUT2D eigenvalue weighted by atomic mass is 10.3. The van der Waals surface area contributed by atoms with Gasteiger partial charge in [-0.3, -0.25) is 0 Å². The van der Waals surface area contributed by atoms with Crippen LogP contribution in [0.4, 0.5) is 0 Å². The third-order valence-corrected chi connectivity index (χ3v) is 1.68. The molecule has 0 radical (unpaired) electrons. The van der Waals surface area contributed by atoms with Gasteiger partial charge in [-0.05, 0) is 0 Å². The number of aromatic nitrogens is 2. The van der Waals surface area contributed by atoms with Crippen LogP contribution in [-0.2, 0) is 25.3 Å². The minimum Gasteiger partial charge on any atom is -0.303 e. The number of aldehydes is 1. The van der Waals surface area contributed by atoms with E-state index in [-0.39, 0.29) is 0 Å². The van der Waals surface area contributed by atoms with Crippen LogP contribution in [0.1, 0.15) is 12.1 Å². The predicted molar refractivity (Wildman–Crippen MR) is 41.0 cm³/mol.